The Bertz CT molecular complexity index is 905. The van der Waals surface area contributed by atoms with Gasteiger partial charge in [0, 0.05) is 0 Å². The zero-order valence-electron chi connectivity index (χ0n) is 20.7. The van der Waals surface area contributed by atoms with Crippen molar-refractivity contribution in [3.05, 3.63) is 0 Å². The second kappa shape index (κ2) is 9.98. The number of alkyl halides is 22. The highest BCUT2D eigenvalue weighted by Gasteiger charge is 2.98. The molecule has 0 aliphatic heterocycles. The molecule has 0 nitrogen and oxygen atoms in total. The van der Waals surface area contributed by atoms with Crippen molar-refractivity contribution in [2.75, 3.05) is 0 Å². The molecule has 252 valence electrons. The third-order valence-electron chi connectivity index (χ3n) is 7.68. The fourth-order valence-corrected chi connectivity index (χ4v) is 4.72. The molecule has 3 saturated carbocycles. The minimum Gasteiger partial charge on any atom is -0.192 e. The molecule has 42 heavy (non-hydrogen) atoms. The molecule has 0 N–H and O–H groups in total. The van der Waals surface area contributed by atoms with Crippen LogP contribution in [0.15, 0.2) is 0 Å². The van der Waals surface area contributed by atoms with Gasteiger partial charge in [0.05, 0.1) is 0 Å². The van der Waals surface area contributed by atoms with Gasteiger partial charge in [-0.25, -0.2) is 0 Å². The van der Waals surface area contributed by atoms with E-state index >= 15 is 0 Å². The molecule has 3 aliphatic rings. The molecule has 0 amide bonds. The standard InChI is InChI=1S/C10F22.C10H18/c11-1(12,3(15,16)5(19,20)7(23,24)9(27,28)29)2(13,14)4(17,18)6(21,22)8(25,26)10(30,31)32;1-7-4-5-8-6-9(7)10(8,2)3/h;7-9H,4-6H2,1-3H3. The summed E-state index contributed by atoms with van der Waals surface area (Å²) in [6, 6.07) is 0. The predicted molar refractivity (Wildman–Crippen MR) is 95.5 cm³/mol. The van der Waals surface area contributed by atoms with Gasteiger partial charge in [-0.3, -0.25) is 0 Å². The van der Waals surface area contributed by atoms with Crippen LogP contribution in [0.4, 0.5) is 96.6 Å². The quantitative estimate of drug-likeness (QED) is 0.236. The van der Waals surface area contributed by atoms with Crippen molar-refractivity contribution in [1.29, 1.82) is 0 Å². The van der Waals surface area contributed by atoms with Crippen LogP contribution in [0, 0.1) is 23.2 Å². The highest BCUT2D eigenvalue weighted by atomic mass is 19.4. The normalized spacial score (nSPS) is 24.9. The lowest BCUT2D eigenvalue weighted by molar-refractivity contribution is -0.478. The number of hydrogen-bond donors (Lipinski definition) is 0. The van der Waals surface area contributed by atoms with Gasteiger partial charge in [-0.05, 0) is 36.0 Å². The summed E-state index contributed by atoms with van der Waals surface area (Å²) in [5, 5.41) is 0. The molecule has 0 aromatic heterocycles. The monoisotopic (exact) mass is 676 g/mol. The molecule has 0 saturated heterocycles. The molecule has 0 aromatic rings. The number of hydrogen-bond acceptors (Lipinski definition) is 0. The van der Waals surface area contributed by atoms with Crippen LogP contribution >= 0.6 is 0 Å². The summed E-state index contributed by atoms with van der Waals surface area (Å²) in [6.07, 6.45) is -11.5. The molecule has 3 unspecified atom stereocenters. The Morgan fingerprint density at radius 2 is 0.643 bits per heavy atom. The molecule has 3 aliphatic carbocycles. The third-order valence-corrected chi connectivity index (χ3v) is 7.68. The first-order valence-electron chi connectivity index (χ1n) is 11.0. The first-order chi connectivity index (χ1) is 17.9. The van der Waals surface area contributed by atoms with Gasteiger partial charge in [0.1, 0.15) is 0 Å². The van der Waals surface area contributed by atoms with Crippen molar-refractivity contribution in [3.8, 4) is 0 Å². The van der Waals surface area contributed by atoms with Crippen LogP contribution < -0.4 is 0 Å². The molecule has 2 bridgehead atoms. The smallest absolute Gasteiger partial charge is 0.192 e. The van der Waals surface area contributed by atoms with Crippen molar-refractivity contribution < 1.29 is 96.6 Å². The largest absolute Gasteiger partial charge is 0.460 e. The number of rotatable bonds is 7. The van der Waals surface area contributed by atoms with E-state index in [1.807, 2.05) is 0 Å². The Morgan fingerprint density at radius 3 is 0.786 bits per heavy atom. The van der Waals surface area contributed by atoms with E-state index in [2.05, 4.69) is 20.8 Å². The van der Waals surface area contributed by atoms with E-state index in [0.717, 1.165) is 17.8 Å². The Balaban J connectivity index is 0.000000723. The maximum atomic E-state index is 13.1. The summed E-state index contributed by atoms with van der Waals surface area (Å²) in [5.41, 5.74) is 0.706. The maximum absolute atomic E-state index is 13.1. The fourth-order valence-electron chi connectivity index (χ4n) is 4.72. The molecule has 0 heterocycles. The molecular weight excluding hydrogens is 658 g/mol. The van der Waals surface area contributed by atoms with Crippen molar-refractivity contribution in [2.45, 2.75) is 99.8 Å². The van der Waals surface area contributed by atoms with Gasteiger partial charge >= 0.3 is 59.7 Å². The molecule has 0 aromatic carbocycles. The van der Waals surface area contributed by atoms with E-state index in [1.165, 1.54) is 19.3 Å². The third kappa shape index (κ3) is 4.95. The van der Waals surface area contributed by atoms with Crippen molar-refractivity contribution >= 4 is 0 Å². The van der Waals surface area contributed by atoms with Gasteiger partial charge in [0.25, 0.3) is 0 Å². The molecule has 22 heteroatoms. The second-order valence-corrected chi connectivity index (χ2v) is 10.5. The van der Waals surface area contributed by atoms with Gasteiger partial charge in [-0.2, -0.15) is 96.6 Å². The van der Waals surface area contributed by atoms with E-state index in [0.29, 0.717) is 5.41 Å². The lowest BCUT2D eigenvalue weighted by Gasteiger charge is -2.59. The van der Waals surface area contributed by atoms with Gasteiger partial charge in [-0.15, -0.1) is 0 Å². The molecule has 3 atom stereocenters. The zero-order chi connectivity index (χ0) is 34.4. The average Bonchev–Trinajstić information content (AvgIpc) is 2.76. The molecule has 3 rings (SSSR count). The van der Waals surface area contributed by atoms with Crippen LogP contribution in [0.1, 0.15) is 40.0 Å². The highest BCUT2D eigenvalue weighted by Crippen LogP contribution is 2.66. The van der Waals surface area contributed by atoms with Gasteiger partial charge in [0.2, 0.25) is 0 Å². The lowest BCUT2D eigenvalue weighted by atomic mass is 9.46. The van der Waals surface area contributed by atoms with Crippen molar-refractivity contribution in [1.82, 2.24) is 0 Å². The van der Waals surface area contributed by atoms with E-state index in [-0.39, 0.29) is 0 Å². The van der Waals surface area contributed by atoms with Crippen LogP contribution in [0.2, 0.25) is 0 Å². The molecule has 3 fully saturated rings. The topological polar surface area (TPSA) is 0 Å². The summed E-state index contributed by atoms with van der Waals surface area (Å²) in [5.74, 6) is -68.3. The second-order valence-electron chi connectivity index (χ2n) is 10.5. The van der Waals surface area contributed by atoms with Crippen LogP contribution in [-0.2, 0) is 0 Å². The highest BCUT2D eigenvalue weighted by molar-refractivity contribution is 5.17. The van der Waals surface area contributed by atoms with E-state index in [4.69, 9.17) is 0 Å². The summed E-state index contributed by atoms with van der Waals surface area (Å²) < 4.78 is 276. The van der Waals surface area contributed by atoms with Crippen LogP contribution in [0.25, 0.3) is 0 Å². The van der Waals surface area contributed by atoms with Gasteiger partial charge in [0.15, 0.2) is 0 Å². The average molecular weight is 676 g/mol. The lowest BCUT2D eigenvalue weighted by Crippen LogP contribution is -2.76. The van der Waals surface area contributed by atoms with Crippen LogP contribution in [0.3, 0.4) is 0 Å². The Morgan fingerprint density at radius 1 is 0.405 bits per heavy atom. The zero-order valence-corrected chi connectivity index (χ0v) is 20.7. The number of halogens is 22. The van der Waals surface area contributed by atoms with Crippen molar-refractivity contribution in [3.63, 3.8) is 0 Å². The van der Waals surface area contributed by atoms with Gasteiger partial charge < -0.3 is 0 Å². The molecule has 0 spiro atoms. The van der Waals surface area contributed by atoms with Crippen molar-refractivity contribution in [2.24, 2.45) is 23.2 Å². The Labute approximate surface area is 220 Å². The minimum absolute atomic E-state index is 0.706. The van der Waals surface area contributed by atoms with E-state index in [9.17, 15) is 96.6 Å². The van der Waals surface area contributed by atoms with Crippen LogP contribution in [0.5, 0.6) is 0 Å². The molecular formula is C20H18F22. The van der Waals surface area contributed by atoms with Crippen LogP contribution in [-0.4, -0.2) is 59.7 Å². The molecule has 0 radical (unpaired) electrons. The number of fused-ring (bicyclic) bond motifs is 2. The summed E-state index contributed by atoms with van der Waals surface area (Å²) in [6.45, 7) is 7.35. The Hall–Kier alpha value is -1.54. The summed E-state index contributed by atoms with van der Waals surface area (Å²) in [7, 11) is 0. The Kier molecular flexibility index (Phi) is 9.15. The van der Waals surface area contributed by atoms with E-state index < -0.39 is 59.7 Å². The SMILES string of the molecule is CC1CCC2CC1C2(C)C.FC(F)(F)C(F)(F)C(F)(F)C(F)(F)C(F)(F)C(F)(F)C(F)(F)C(F)(F)C(F)(F)C(F)(F)F. The first kappa shape index (κ1) is 38.5. The fraction of sp³-hybridized carbons (Fsp3) is 1.00. The minimum atomic E-state index is -9.24. The first-order valence-corrected chi connectivity index (χ1v) is 11.0. The summed E-state index contributed by atoms with van der Waals surface area (Å²) >= 11 is 0. The van der Waals surface area contributed by atoms with Gasteiger partial charge in [-0.1, -0.05) is 27.2 Å². The predicted octanol–water partition coefficient (Wildman–Crippen LogP) is 10.3. The maximum Gasteiger partial charge on any atom is 0.460 e. The van der Waals surface area contributed by atoms with E-state index in [1.54, 1.807) is 0 Å². The summed E-state index contributed by atoms with van der Waals surface area (Å²) in [4.78, 5) is 0.